The molecule has 0 aliphatic carbocycles. The number of carbonyl (C=O) groups is 1. The molecule has 8 heteroatoms. The highest BCUT2D eigenvalue weighted by Gasteiger charge is 2.20. The molecular weight excluding hydrogens is 356 g/mol. The quantitative estimate of drug-likeness (QED) is 0.837. The fraction of sp³-hybridized carbons (Fsp3) is 0.278. The van der Waals surface area contributed by atoms with Crippen molar-refractivity contribution < 1.29 is 22.7 Å². The van der Waals surface area contributed by atoms with E-state index in [0.717, 1.165) is 5.56 Å². The Morgan fingerprint density at radius 3 is 2.58 bits per heavy atom. The molecule has 3 rings (SSSR count). The second-order valence-electron chi connectivity index (χ2n) is 5.89. The lowest BCUT2D eigenvalue weighted by Crippen LogP contribution is -2.14. The fourth-order valence-electron chi connectivity index (χ4n) is 2.82. The van der Waals surface area contributed by atoms with E-state index in [1.807, 2.05) is 0 Å². The molecule has 0 saturated heterocycles. The minimum absolute atomic E-state index is 0.0569. The van der Waals surface area contributed by atoms with Crippen molar-refractivity contribution in [2.75, 3.05) is 24.3 Å². The minimum Gasteiger partial charge on any atom is -0.497 e. The molecule has 1 aliphatic rings. The Kier molecular flexibility index (Phi) is 5.03. The van der Waals surface area contributed by atoms with Gasteiger partial charge in [-0.1, -0.05) is 0 Å². The third-order valence-corrected chi connectivity index (χ3v) is 5.53. The van der Waals surface area contributed by atoms with Crippen LogP contribution in [0.1, 0.15) is 18.4 Å². The summed E-state index contributed by atoms with van der Waals surface area (Å²) in [5.74, 6) is 0.836. The molecule has 2 aromatic carbocycles. The molecule has 0 spiro atoms. The number of ether oxygens (including phenoxy) is 2. The first-order valence-corrected chi connectivity index (χ1v) is 9.59. The Morgan fingerprint density at radius 2 is 1.85 bits per heavy atom. The van der Waals surface area contributed by atoms with Crippen molar-refractivity contribution in [3.8, 4) is 11.5 Å². The molecule has 2 N–H and O–H groups in total. The predicted octanol–water partition coefficient (Wildman–Crippen LogP) is 2.78. The van der Waals surface area contributed by atoms with Crippen LogP contribution in [0, 0.1) is 0 Å². The number of hydrogen-bond donors (Lipinski definition) is 2. The van der Waals surface area contributed by atoms with Crippen LogP contribution >= 0.6 is 0 Å². The van der Waals surface area contributed by atoms with Gasteiger partial charge in [-0.2, -0.15) is 0 Å². The highest BCUT2D eigenvalue weighted by atomic mass is 32.2. The average Bonchev–Trinajstić information content (AvgIpc) is 2.81. The van der Waals surface area contributed by atoms with E-state index >= 15 is 0 Å². The van der Waals surface area contributed by atoms with Gasteiger partial charge in [0.05, 0.1) is 24.8 Å². The molecule has 138 valence electrons. The first-order valence-electron chi connectivity index (χ1n) is 8.10. The van der Waals surface area contributed by atoms with Gasteiger partial charge in [0.2, 0.25) is 5.91 Å². The summed E-state index contributed by atoms with van der Waals surface area (Å²) in [6, 6.07) is 9.55. The summed E-state index contributed by atoms with van der Waals surface area (Å²) in [6.07, 6.45) is 1.75. The van der Waals surface area contributed by atoms with Crippen LogP contribution in [0.2, 0.25) is 0 Å². The lowest BCUT2D eigenvalue weighted by atomic mass is 10.1. The van der Waals surface area contributed by atoms with Crippen molar-refractivity contribution in [2.45, 2.75) is 24.2 Å². The van der Waals surface area contributed by atoms with Crippen LogP contribution < -0.4 is 19.5 Å². The van der Waals surface area contributed by atoms with Crippen molar-refractivity contribution in [1.29, 1.82) is 0 Å². The van der Waals surface area contributed by atoms with Gasteiger partial charge in [-0.3, -0.25) is 9.52 Å². The lowest BCUT2D eigenvalue weighted by molar-refractivity contribution is -0.116. The van der Waals surface area contributed by atoms with E-state index in [9.17, 15) is 13.2 Å². The van der Waals surface area contributed by atoms with E-state index in [2.05, 4.69) is 10.0 Å². The van der Waals surface area contributed by atoms with Gasteiger partial charge in [-0.15, -0.1) is 0 Å². The van der Waals surface area contributed by atoms with E-state index in [1.54, 1.807) is 30.3 Å². The number of fused-ring (bicyclic) bond motifs is 1. The van der Waals surface area contributed by atoms with Gasteiger partial charge in [0.15, 0.2) is 0 Å². The Bertz CT molecular complexity index is 941. The number of hydrogen-bond acceptors (Lipinski definition) is 5. The smallest absolute Gasteiger partial charge is 0.262 e. The van der Waals surface area contributed by atoms with E-state index < -0.39 is 10.0 Å². The molecule has 7 nitrogen and oxygen atoms in total. The molecule has 1 aliphatic heterocycles. The summed E-state index contributed by atoms with van der Waals surface area (Å²) in [7, 11) is -0.864. The second kappa shape index (κ2) is 7.25. The maximum Gasteiger partial charge on any atom is 0.262 e. The Hall–Kier alpha value is -2.74. The summed E-state index contributed by atoms with van der Waals surface area (Å²) < 4.78 is 38.5. The van der Waals surface area contributed by atoms with Gasteiger partial charge in [0.25, 0.3) is 10.0 Å². The number of sulfonamides is 1. The largest absolute Gasteiger partial charge is 0.497 e. The van der Waals surface area contributed by atoms with Crippen molar-refractivity contribution in [2.24, 2.45) is 0 Å². The number of rotatable bonds is 5. The lowest BCUT2D eigenvalue weighted by Gasteiger charge is -2.14. The summed E-state index contributed by atoms with van der Waals surface area (Å²) >= 11 is 0. The van der Waals surface area contributed by atoms with Crippen LogP contribution in [-0.4, -0.2) is 28.5 Å². The molecule has 0 bridgehead atoms. The first-order chi connectivity index (χ1) is 12.4. The number of nitrogens with one attached hydrogen (secondary N) is 2. The number of carbonyl (C=O) groups excluding carboxylic acids is 1. The van der Waals surface area contributed by atoms with Crippen LogP contribution in [0.25, 0.3) is 0 Å². The molecule has 0 radical (unpaired) electrons. The third kappa shape index (κ3) is 3.75. The van der Waals surface area contributed by atoms with Crippen molar-refractivity contribution >= 4 is 27.3 Å². The van der Waals surface area contributed by atoms with E-state index in [-0.39, 0.29) is 16.5 Å². The number of amides is 1. The molecule has 0 unspecified atom stereocenters. The average molecular weight is 376 g/mol. The normalized spacial score (nSPS) is 14.0. The molecule has 26 heavy (non-hydrogen) atoms. The topological polar surface area (TPSA) is 93.7 Å². The van der Waals surface area contributed by atoms with Crippen LogP contribution in [0.5, 0.6) is 11.5 Å². The standard InChI is InChI=1S/C18H20N2O5S/c1-24-13-6-9-17(25-2)16(11-13)20-26(22,23)14-7-8-15-12(10-14)4-3-5-18(21)19-15/h6-11,20H,3-5H2,1-2H3,(H,19,21). The van der Waals surface area contributed by atoms with Gasteiger partial charge in [-0.05, 0) is 48.7 Å². The number of anilines is 2. The van der Waals surface area contributed by atoms with Gasteiger partial charge >= 0.3 is 0 Å². The zero-order valence-electron chi connectivity index (χ0n) is 14.5. The summed E-state index contributed by atoms with van der Waals surface area (Å²) in [4.78, 5) is 11.8. The van der Waals surface area contributed by atoms with Gasteiger partial charge in [0, 0.05) is 18.2 Å². The monoisotopic (exact) mass is 376 g/mol. The van der Waals surface area contributed by atoms with Gasteiger partial charge in [-0.25, -0.2) is 8.42 Å². The number of methoxy groups -OCH3 is 2. The highest BCUT2D eigenvalue weighted by molar-refractivity contribution is 7.92. The molecule has 0 fully saturated rings. The molecular formula is C18H20N2O5S. The van der Waals surface area contributed by atoms with Crippen LogP contribution in [-0.2, 0) is 21.2 Å². The highest BCUT2D eigenvalue weighted by Crippen LogP contribution is 2.32. The van der Waals surface area contributed by atoms with Crippen LogP contribution in [0.3, 0.4) is 0 Å². The molecule has 0 atom stereocenters. The van der Waals surface area contributed by atoms with E-state index in [4.69, 9.17) is 9.47 Å². The van der Waals surface area contributed by atoms with E-state index in [1.165, 1.54) is 20.3 Å². The maximum atomic E-state index is 12.8. The molecule has 0 aromatic heterocycles. The molecule has 1 heterocycles. The first kappa shape index (κ1) is 18.1. The third-order valence-electron chi connectivity index (χ3n) is 4.16. The zero-order chi connectivity index (χ0) is 18.7. The van der Waals surface area contributed by atoms with Gasteiger partial charge < -0.3 is 14.8 Å². The number of aryl methyl sites for hydroxylation is 1. The molecule has 2 aromatic rings. The van der Waals surface area contributed by atoms with Crippen LogP contribution in [0.4, 0.5) is 11.4 Å². The Balaban J connectivity index is 1.94. The van der Waals surface area contributed by atoms with Crippen molar-refractivity contribution in [1.82, 2.24) is 0 Å². The van der Waals surface area contributed by atoms with E-state index in [0.29, 0.717) is 36.4 Å². The molecule has 1 amide bonds. The number of benzene rings is 2. The Morgan fingerprint density at radius 1 is 1.04 bits per heavy atom. The maximum absolute atomic E-state index is 12.8. The zero-order valence-corrected chi connectivity index (χ0v) is 15.4. The summed E-state index contributed by atoms with van der Waals surface area (Å²) in [6.45, 7) is 0. The predicted molar refractivity (Wildman–Crippen MR) is 98.4 cm³/mol. The van der Waals surface area contributed by atoms with Crippen LogP contribution in [0.15, 0.2) is 41.3 Å². The Labute approximate surface area is 152 Å². The second-order valence-corrected chi connectivity index (χ2v) is 7.57. The van der Waals surface area contributed by atoms with Crippen molar-refractivity contribution in [3.05, 3.63) is 42.0 Å². The SMILES string of the molecule is COc1ccc(OC)c(NS(=O)(=O)c2ccc3c(c2)CCCC(=O)N3)c1. The minimum atomic E-state index is -3.83. The summed E-state index contributed by atoms with van der Waals surface area (Å²) in [5, 5.41) is 2.79. The van der Waals surface area contributed by atoms with Gasteiger partial charge in [0.1, 0.15) is 11.5 Å². The summed E-state index contributed by atoms with van der Waals surface area (Å²) in [5.41, 5.74) is 1.75. The fourth-order valence-corrected chi connectivity index (χ4v) is 3.93. The molecule has 0 saturated carbocycles. The van der Waals surface area contributed by atoms with Crippen molar-refractivity contribution in [3.63, 3.8) is 0 Å².